The lowest BCUT2D eigenvalue weighted by Crippen LogP contribution is -2.26. The van der Waals surface area contributed by atoms with E-state index < -0.39 is 0 Å². The molecule has 0 N–H and O–H groups in total. The highest BCUT2D eigenvalue weighted by molar-refractivity contribution is 8.22. The Morgan fingerprint density at radius 1 is 1.12 bits per heavy atom. The van der Waals surface area contributed by atoms with Crippen LogP contribution in [0.25, 0.3) is 0 Å². The first kappa shape index (κ1) is 15.5. The highest BCUT2D eigenvalue weighted by Crippen LogP contribution is 2.20. The van der Waals surface area contributed by atoms with Crippen molar-refractivity contribution in [2.24, 2.45) is 0 Å². The van der Waals surface area contributed by atoms with Crippen molar-refractivity contribution in [1.29, 1.82) is 0 Å². The van der Waals surface area contributed by atoms with Crippen molar-refractivity contribution in [2.75, 3.05) is 13.1 Å². The van der Waals surface area contributed by atoms with Crippen molar-refractivity contribution in [2.45, 2.75) is 32.6 Å². The lowest BCUT2D eigenvalue weighted by atomic mass is 10.4. The van der Waals surface area contributed by atoms with Gasteiger partial charge in [0.05, 0.1) is 0 Å². The topological polar surface area (TPSA) is 3.24 Å². The molecule has 0 spiro atoms. The third-order valence-corrected chi connectivity index (χ3v) is 3.42. The Kier molecular flexibility index (Phi) is 9.34. The van der Waals surface area contributed by atoms with Crippen molar-refractivity contribution >= 4 is 28.3 Å². The SMILES string of the molecule is CC.CCN(CC)C(=S)Sc1ccccc1. The molecule has 0 aliphatic heterocycles. The van der Waals surface area contributed by atoms with Crippen molar-refractivity contribution in [3.05, 3.63) is 30.3 Å². The van der Waals surface area contributed by atoms with Crippen LogP contribution in [0.2, 0.25) is 0 Å². The van der Waals surface area contributed by atoms with Crippen LogP contribution in [0, 0.1) is 0 Å². The van der Waals surface area contributed by atoms with Crippen LogP contribution < -0.4 is 0 Å². The molecule has 0 aliphatic rings. The van der Waals surface area contributed by atoms with Crippen molar-refractivity contribution < 1.29 is 0 Å². The molecule has 0 aromatic heterocycles. The largest absolute Gasteiger partial charge is 0.358 e. The van der Waals surface area contributed by atoms with E-state index in [1.807, 2.05) is 32.0 Å². The first-order valence-electron chi connectivity index (χ1n) is 5.79. The fraction of sp³-hybridized carbons (Fsp3) is 0.462. The summed E-state index contributed by atoms with van der Waals surface area (Å²) in [6, 6.07) is 10.3. The molecule has 1 nitrogen and oxygen atoms in total. The summed E-state index contributed by atoms with van der Waals surface area (Å²) < 4.78 is 0.959. The van der Waals surface area contributed by atoms with Gasteiger partial charge in [-0.15, -0.1) is 0 Å². The van der Waals surface area contributed by atoms with E-state index in [0.717, 1.165) is 17.4 Å². The summed E-state index contributed by atoms with van der Waals surface area (Å²) in [7, 11) is 0. The molecule has 0 bridgehead atoms. The molecular formula is C13H21NS2. The van der Waals surface area contributed by atoms with Gasteiger partial charge in [-0.05, 0) is 26.0 Å². The molecule has 0 unspecified atom stereocenters. The smallest absolute Gasteiger partial charge is 0.141 e. The molecule has 0 saturated heterocycles. The number of hydrogen-bond acceptors (Lipinski definition) is 2. The minimum Gasteiger partial charge on any atom is -0.358 e. The van der Waals surface area contributed by atoms with Gasteiger partial charge in [0.25, 0.3) is 0 Å². The molecule has 0 saturated carbocycles. The quantitative estimate of drug-likeness (QED) is 0.581. The fourth-order valence-corrected chi connectivity index (χ4v) is 2.56. The maximum atomic E-state index is 5.34. The van der Waals surface area contributed by atoms with E-state index in [0.29, 0.717) is 0 Å². The average Bonchev–Trinajstić information content (AvgIpc) is 2.34. The Bertz CT molecular complexity index is 281. The highest BCUT2D eigenvalue weighted by Gasteiger charge is 2.05. The van der Waals surface area contributed by atoms with E-state index in [9.17, 15) is 0 Å². The van der Waals surface area contributed by atoms with E-state index >= 15 is 0 Å². The standard InChI is InChI=1S/C11H15NS2.C2H6/c1-3-12(4-2)11(13)14-10-8-6-5-7-9-10;1-2/h5-9H,3-4H2,1-2H3;1-2H3. The van der Waals surface area contributed by atoms with Gasteiger partial charge in [0.1, 0.15) is 4.32 Å². The number of rotatable bonds is 3. The summed E-state index contributed by atoms with van der Waals surface area (Å²) in [5.74, 6) is 0. The lowest BCUT2D eigenvalue weighted by Gasteiger charge is -2.20. The molecule has 1 rings (SSSR count). The number of nitrogens with zero attached hydrogens (tertiary/aromatic N) is 1. The third kappa shape index (κ3) is 5.52. The Balaban J connectivity index is 0.00000106. The number of hydrogen-bond donors (Lipinski definition) is 0. The molecule has 16 heavy (non-hydrogen) atoms. The average molecular weight is 255 g/mol. The van der Waals surface area contributed by atoms with Gasteiger partial charge in [0.2, 0.25) is 0 Å². The maximum absolute atomic E-state index is 5.34. The second-order valence-electron chi connectivity index (χ2n) is 2.85. The Morgan fingerprint density at radius 2 is 1.62 bits per heavy atom. The summed E-state index contributed by atoms with van der Waals surface area (Å²) in [4.78, 5) is 3.40. The zero-order valence-electron chi connectivity index (χ0n) is 10.6. The Morgan fingerprint density at radius 3 is 2.06 bits per heavy atom. The Hall–Kier alpha value is -0.540. The predicted octanol–water partition coefficient (Wildman–Crippen LogP) is 4.43. The minimum absolute atomic E-state index is 0.959. The normalized spacial score (nSPS) is 9.00. The molecule has 0 heterocycles. The predicted molar refractivity (Wildman–Crippen MR) is 79.2 cm³/mol. The van der Waals surface area contributed by atoms with Gasteiger partial charge < -0.3 is 4.90 Å². The molecule has 0 amide bonds. The molecular weight excluding hydrogens is 234 g/mol. The molecule has 90 valence electrons. The second kappa shape index (κ2) is 9.67. The third-order valence-electron chi connectivity index (χ3n) is 1.97. The minimum atomic E-state index is 0.959. The summed E-state index contributed by atoms with van der Waals surface area (Å²) >= 11 is 7.00. The first-order valence-corrected chi connectivity index (χ1v) is 7.02. The highest BCUT2D eigenvalue weighted by atomic mass is 32.2. The molecule has 0 atom stereocenters. The van der Waals surface area contributed by atoms with Crippen LogP contribution in [0.1, 0.15) is 27.7 Å². The van der Waals surface area contributed by atoms with Gasteiger partial charge in [-0.3, -0.25) is 0 Å². The van der Waals surface area contributed by atoms with Crippen LogP contribution in [0.5, 0.6) is 0 Å². The number of thiocarbonyl (C=S) groups is 1. The maximum Gasteiger partial charge on any atom is 0.141 e. The van der Waals surface area contributed by atoms with Gasteiger partial charge in [0.15, 0.2) is 0 Å². The molecule has 1 aromatic rings. The molecule has 1 aromatic carbocycles. The monoisotopic (exact) mass is 255 g/mol. The van der Waals surface area contributed by atoms with E-state index in [2.05, 4.69) is 30.9 Å². The van der Waals surface area contributed by atoms with E-state index in [1.54, 1.807) is 11.8 Å². The van der Waals surface area contributed by atoms with E-state index in [4.69, 9.17) is 12.2 Å². The van der Waals surface area contributed by atoms with Gasteiger partial charge in [0, 0.05) is 18.0 Å². The van der Waals surface area contributed by atoms with Crippen LogP contribution >= 0.6 is 24.0 Å². The van der Waals surface area contributed by atoms with Gasteiger partial charge in [-0.2, -0.15) is 0 Å². The Labute approximate surface area is 109 Å². The second-order valence-corrected chi connectivity index (χ2v) is 4.56. The van der Waals surface area contributed by atoms with Crippen LogP contribution in [-0.2, 0) is 0 Å². The van der Waals surface area contributed by atoms with Crippen LogP contribution in [0.4, 0.5) is 0 Å². The van der Waals surface area contributed by atoms with Gasteiger partial charge in [-0.1, -0.05) is 56.0 Å². The summed E-state index contributed by atoms with van der Waals surface area (Å²) in [5.41, 5.74) is 0. The number of benzene rings is 1. The zero-order valence-corrected chi connectivity index (χ0v) is 12.2. The van der Waals surface area contributed by atoms with Gasteiger partial charge >= 0.3 is 0 Å². The van der Waals surface area contributed by atoms with Crippen molar-refractivity contribution in [1.82, 2.24) is 4.90 Å². The van der Waals surface area contributed by atoms with E-state index in [-0.39, 0.29) is 0 Å². The van der Waals surface area contributed by atoms with Crippen molar-refractivity contribution in [3.63, 3.8) is 0 Å². The summed E-state index contributed by atoms with van der Waals surface area (Å²) in [6.45, 7) is 10.2. The van der Waals surface area contributed by atoms with Crippen LogP contribution in [-0.4, -0.2) is 22.3 Å². The lowest BCUT2D eigenvalue weighted by molar-refractivity contribution is 0.482. The number of thioether (sulfide) groups is 1. The molecule has 0 aliphatic carbocycles. The first-order chi connectivity index (χ1) is 7.77. The van der Waals surface area contributed by atoms with Crippen LogP contribution in [0.3, 0.4) is 0 Å². The van der Waals surface area contributed by atoms with Gasteiger partial charge in [-0.25, -0.2) is 0 Å². The molecule has 0 radical (unpaired) electrons. The molecule has 3 heteroatoms. The molecule has 0 fully saturated rings. The summed E-state index contributed by atoms with van der Waals surface area (Å²) in [5, 5.41) is 0. The zero-order chi connectivity index (χ0) is 12.4. The van der Waals surface area contributed by atoms with Crippen LogP contribution in [0.15, 0.2) is 35.2 Å². The van der Waals surface area contributed by atoms with Crippen molar-refractivity contribution in [3.8, 4) is 0 Å². The van der Waals surface area contributed by atoms with E-state index in [1.165, 1.54) is 4.90 Å². The fourth-order valence-electron chi connectivity index (χ4n) is 1.14. The summed E-state index contributed by atoms with van der Waals surface area (Å²) in [6.07, 6.45) is 0.